The molecule has 102 valence electrons. The highest BCUT2D eigenvalue weighted by Crippen LogP contribution is 2.41. The van der Waals surface area contributed by atoms with Crippen LogP contribution in [0.2, 0.25) is 5.02 Å². The van der Waals surface area contributed by atoms with Crippen LogP contribution in [0.15, 0.2) is 40.9 Å². The van der Waals surface area contributed by atoms with Crippen molar-refractivity contribution in [3.8, 4) is 21.7 Å². The largest absolute Gasteiger partial charge is 0.367 e. The second-order valence-electron chi connectivity index (χ2n) is 4.37. The maximum atomic E-state index is 6.26. The van der Waals surface area contributed by atoms with Gasteiger partial charge >= 0.3 is 0 Å². The van der Waals surface area contributed by atoms with E-state index >= 15 is 0 Å². The smallest absolute Gasteiger partial charge is 0.230 e. The molecule has 5 heteroatoms. The van der Waals surface area contributed by atoms with E-state index in [9.17, 15) is 0 Å². The van der Waals surface area contributed by atoms with E-state index in [2.05, 4.69) is 18.1 Å². The van der Waals surface area contributed by atoms with E-state index in [-0.39, 0.29) is 0 Å². The number of halogens is 1. The molecule has 0 atom stereocenters. The highest BCUT2D eigenvalue weighted by atomic mass is 35.5. The molecule has 0 amide bonds. The summed E-state index contributed by atoms with van der Waals surface area (Å²) in [5.74, 6) is 0.291. The molecule has 1 aromatic carbocycles. The van der Waals surface area contributed by atoms with Crippen molar-refractivity contribution in [3.05, 3.63) is 46.3 Å². The molecule has 0 radical (unpaired) electrons. The molecule has 0 bridgehead atoms. The van der Waals surface area contributed by atoms with Gasteiger partial charge in [0.15, 0.2) is 0 Å². The van der Waals surface area contributed by atoms with Crippen LogP contribution < -0.4 is 5.73 Å². The molecule has 3 nitrogen and oxygen atoms in total. The summed E-state index contributed by atoms with van der Waals surface area (Å²) in [7, 11) is 0. The van der Waals surface area contributed by atoms with Gasteiger partial charge < -0.3 is 10.3 Å². The molecule has 0 unspecified atom stereocenters. The maximum absolute atomic E-state index is 6.26. The van der Waals surface area contributed by atoms with Crippen LogP contribution in [0.5, 0.6) is 0 Å². The summed E-state index contributed by atoms with van der Waals surface area (Å²) in [5.41, 5.74) is 8.29. The molecule has 0 spiro atoms. The van der Waals surface area contributed by atoms with Gasteiger partial charge in [0, 0.05) is 15.5 Å². The monoisotopic (exact) mass is 304 g/mol. The second kappa shape index (κ2) is 5.31. The number of thiophene rings is 1. The minimum absolute atomic E-state index is 0.291. The molecule has 0 saturated carbocycles. The Morgan fingerprint density at radius 1 is 1.25 bits per heavy atom. The number of nitrogen functional groups attached to an aromatic ring is 1. The van der Waals surface area contributed by atoms with Gasteiger partial charge in [0.1, 0.15) is 5.69 Å². The van der Waals surface area contributed by atoms with Crippen molar-refractivity contribution in [2.45, 2.75) is 13.3 Å². The van der Waals surface area contributed by atoms with Gasteiger partial charge in [-0.1, -0.05) is 41.9 Å². The van der Waals surface area contributed by atoms with Gasteiger partial charge in [-0.3, -0.25) is 0 Å². The predicted octanol–water partition coefficient (Wildman–Crippen LogP) is 4.87. The van der Waals surface area contributed by atoms with Crippen LogP contribution in [0.4, 0.5) is 5.88 Å². The molecule has 3 rings (SSSR count). The van der Waals surface area contributed by atoms with E-state index in [0.717, 1.165) is 28.1 Å². The van der Waals surface area contributed by atoms with Crippen LogP contribution in [0.1, 0.15) is 11.8 Å². The van der Waals surface area contributed by atoms with Crippen LogP contribution in [-0.2, 0) is 6.42 Å². The Kier molecular flexibility index (Phi) is 3.51. The standard InChI is InChI=1S/C15H13ClN2OS/c1-2-9-7-8-12(20-9)14-13(15(17)19-18-14)10-5-3-4-6-11(10)16/h3-8H,2,17H2,1H3. The van der Waals surface area contributed by atoms with E-state index in [1.165, 1.54) is 4.88 Å². The van der Waals surface area contributed by atoms with E-state index in [1.54, 1.807) is 11.3 Å². The zero-order valence-electron chi connectivity index (χ0n) is 10.9. The third-order valence-corrected chi connectivity index (χ3v) is 4.67. The van der Waals surface area contributed by atoms with Gasteiger partial charge in [-0.25, -0.2) is 0 Å². The van der Waals surface area contributed by atoms with Crippen molar-refractivity contribution in [1.29, 1.82) is 0 Å². The fraction of sp³-hybridized carbons (Fsp3) is 0.133. The van der Waals surface area contributed by atoms with Crippen LogP contribution >= 0.6 is 22.9 Å². The van der Waals surface area contributed by atoms with E-state index in [0.29, 0.717) is 10.9 Å². The van der Waals surface area contributed by atoms with Crippen molar-refractivity contribution < 1.29 is 4.52 Å². The number of benzene rings is 1. The van der Waals surface area contributed by atoms with Crippen LogP contribution in [-0.4, -0.2) is 5.16 Å². The highest BCUT2D eigenvalue weighted by Gasteiger charge is 2.20. The van der Waals surface area contributed by atoms with Gasteiger partial charge in [0.2, 0.25) is 5.88 Å². The molecule has 0 fully saturated rings. The minimum Gasteiger partial charge on any atom is -0.367 e. The van der Waals surface area contributed by atoms with Crippen molar-refractivity contribution in [2.24, 2.45) is 0 Å². The van der Waals surface area contributed by atoms with Crippen molar-refractivity contribution in [2.75, 3.05) is 5.73 Å². The molecular weight excluding hydrogens is 292 g/mol. The number of nitrogens with two attached hydrogens (primary N) is 1. The third-order valence-electron chi connectivity index (χ3n) is 3.11. The summed E-state index contributed by atoms with van der Waals surface area (Å²) in [4.78, 5) is 2.34. The normalized spacial score (nSPS) is 10.9. The number of nitrogens with zero attached hydrogens (tertiary/aromatic N) is 1. The third kappa shape index (κ3) is 2.21. The van der Waals surface area contributed by atoms with Crippen molar-refractivity contribution in [1.82, 2.24) is 5.16 Å². The van der Waals surface area contributed by atoms with Gasteiger partial charge in [0.05, 0.1) is 10.4 Å². The zero-order valence-corrected chi connectivity index (χ0v) is 12.5. The van der Waals surface area contributed by atoms with E-state index < -0.39 is 0 Å². The maximum Gasteiger partial charge on any atom is 0.230 e. The quantitative estimate of drug-likeness (QED) is 0.751. The Bertz CT molecular complexity index is 748. The first-order valence-electron chi connectivity index (χ1n) is 6.29. The Morgan fingerprint density at radius 2 is 2.05 bits per heavy atom. The van der Waals surface area contributed by atoms with Crippen molar-refractivity contribution >= 4 is 28.8 Å². The Labute approximate surface area is 126 Å². The number of rotatable bonds is 3. The lowest BCUT2D eigenvalue weighted by Gasteiger charge is -2.03. The van der Waals surface area contributed by atoms with Crippen LogP contribution in [0, 0.1) is 0 Å². The van der Waals surface area contributed by atoms with Crippen molar-refractivity contribution in [3.63, 3.8) is 0 Å². The molecule has 3 aromatic rings. The van der Waals surface area contributed by atoms with Gasteiger partial charge in [0.25, 0.3) is 0 Å². The Balaban J connectivity index is 2.17. The second-order valence-corrected chi connectivity index (χ2v) is 5.95. The molecular formula is C15H13ClN2OS. The van der Waals surface area contributed by atoms with Gasteiger partial charge in [-0.2, -0.15) is 0 Å². The van der Waals surface area contributed by atoms with Crippen LogP contribution in [0.25, 0.3) is 21.7 Å². The van der Waals surface area contributed by atoms with Crippen LogP contribution in [0.3, 0.4) is 0 Å². The lowest BCUT2D eigenvalue weighted by Crippen LogP contribution is -1.87. The number of hydrogen-bond donors (Lipinski definition) is 1. The molecule has 20 heavy (non-hydrogen) atoms. The summed E-state index contributed by atoms with van der Waals surface area (Å²) < 4.78 is 5.18. The molecule has 0 aliphatic carbocycles. The first-order valence-corrected chi connectivity index (χ1v) is 7.49. The summed E-state index contributed by atoms with van der Waals surface area (Å²) >= 11 is 7.95. The number of hydrogen-bond acceptors (Lipinski definition) is 4. The summed E-state index contributed by atoms with van der Waals surface area (Å²) in [6.07, 6.45) is 0.999. The molecule has 2 N–H and O–H groups in total. The number of aryl methyl sites for hydroxylation is 1. The summed E-state index contributed by atoms with van der Waals surface area (Å²) in [6.45, 7) is 2.13. The topological polar surface area (TPSA) is 52.0 Å². The minimum atomic E-state index is 0.291. The SMILES string of the molecule is CCc1ccc(-c2noc(N)c2-c2ccccc2Cl)s1. The first kappa shape index (κ1) is 13.2. The Hall–Kier alpha value is -1.78. The molecule has 0 saturated heterocycles. The molecule has 0 aliphatic rings. The highest BCUT2D eigenvalue weighted by molar-refractivity contribution is 7.15. The molecule has 2 heterocycles. The lowest BCUT2D eigenvalue weighted by molar-refractivity contribution is 0.439. The first-order chi connectivity index (χ1) is 9.70. The number of aromatic nitrogens is 1. The predicted molar refractivity (Wildman–Crippen MR) is 84.1 cm³/mol. The Morgan fingerprint density at radius 3 is 2.75 bits per heavy atom. The number of anilines is 1. The average molecular weight is 305 g/mol. The summed E-state index contributed by atoms with van der Waals surface area (Å²) in [6, 6.07) is 11.7. The zero-order chi connectivity index (χ0) is 14.1. The fourth-order valence-corrected chi connectivity index (χ4v) is 3.26. The molecule has 2 aromatic heterocycles. The van der Waals surface area contributed by atoms with Gasteiger partial charge in [-0.05, 0) is 24.6 Å². The van der Waals surface area contributed by atoms with E-state index in [1.807, 2.05) is 30.3 Å². The van der Waals surface area contributed by atoms with E-state index in [4.69, 9.17) is 21.9 Å². The molecule has 0 aliphatic heterocycles. The van der Waals surface area contributed by atoms with Gasteiger partial charge in [-0.15, -0.1) is 11.3 Å². The summed E-state index contributed by atoms with van der Waals surface area (Å²) in [5, 5.41) is 4.74. The fourth-order valence-electron chi connectivity index (χ4n) is 2.09. The lowest BCUT2D eigenvalue weighted by atomic mass is 10.0. The average Bonchev–Trinajstić information content (AvgIpc) is 3.06.